The molecule has 2 aromatic rings. The summed E-state index contributed by atoms with van der Waals surface area (Å²) < 4.78 is 41.0. The van der Waals surface area contributed by atoms with Gasteiger partial charge in [0.1, 0.15) is 0 Å². The fourth-order valence-corrected chi connectivity index (χ4v) is 4.34. The summed E-state index contributed by atoms with van der Waals surface area (Å²) in [6.07, 6.45) is -3.87. The van der Waals surface area contributed by atoms with Crippen molar-refractivity contribution in [1.82, 2.24) is 10.2 Å². The van der Waals surface area contributed by atoms with E-state index in [1.54, 1.807) is 11.3 Å². The third kappa shape index (κ3) is 6.46. The van der Waals surface area contributed by atoms with Crippen molar-refractivity contribution in [3.8, 4) is 0 Å². The van der Waals surface area contributed by atoms with Crippen LogP contribution in [0, 0.1) is 5.92 Å². The van der Waals surface area contributed by atoms with Gasteiger partial charge in [0.25, 0.3) is 0 Å². The first kappa shape index (κ1) is 23.1. The van der Waals surface area contributed by atoms with E-state index in [9.17, 15) is 22.8 Å². The third-order valence-corrected chi connectivity index (χ3v) is 6.26. The van der Waals surface area contributed by atoms with Gasteiger partial charge in [0.15, 0.2) is 6.61 Å². The molecule has 1 fully saturated rings. The molecular weight excluding hydrogens is 429 g/mol. The van der Waals surface area contributed by atoms with Crippen LogP contribution in [0.5, 0.6) is 0 Å². The van der Waals surface area contributed by atoms with Gasteiger partial charge in [-0.25, -0.2) is 4.79 Å². The lowest BCUT2D eigenvalue weighted by molar-refractivity contribution is -0.162. The monoisotopic (exact) mass is 454 g/mol. The molecule has 31 heavy (non-hydrogen) atoms. The molecule has 3 rings (SSSR count). The fourth-order valence-electron chi connectivity index (χ4n) is 3.54. The first-order chi connectivity index (χ1) is 14.8. The zero-order valence-electron chi connectivity index (χ0n) is 17.2. The molecule has 2 amide bonds. The molecule has 1 aromatic carbocycles. The Bertz CT molecular complexity index is 861. The van der Waals surface area contributed by atoms with Gasteiger partial charge in [-0.1, -0.05) is 37.3 Å². The van der Waals surface area contributed by atoms with Crippen molar-refractivity contribution in [2.45, 2.75) is 38.4 Å². The van der Waals surface area contributed by atoms with Gasteiger partial charge in [-0.2, -0.15) is 13.2 Å². The van der Waals surface area contributed by atoms with E-state index in [-0.39, 0.29) is 31.0 Å². The molecule has 5 nitrogen and oxygen atoms in total. The van der Waals surface area contributed by atoms with Gasteiger partial charge >= 0.3 is 12.3 Å². The highest BCUT2D eigenvalue weighted by Crippen LogP contribution is 2.28. The number of nitrogens with zero attached hydrogens (tertiary/aromatic N) is 1. The van der Waals surface area contributed by atoms with Gasteiger partial charge in [-0.3, -0.25) is 4.79 Å². The number of carbonyl (C=O) groups is 2. The highest BCUT2D eigenvalue weighted by atomic mass is 32.1. The van der Waals surface area contributed by atoms with Crippen LogP contribution >= 0.6 is 11.3 Å². The summed E-state index contributed by atoms with van der Waals surface area (Å²) in [6.45, 7) is 0.845. The Morgan fingerprint density at radius 3 is 2.42 bits per heavy atom. The molecule has 168 valence electrons. The summed E-state index contributed by atoms with van der Waals surface area (Å²) >= 11 is 1.56. The molecule has 1 aromatic heterocycles. The predicted octanol–water partition coefficient (Wildman–Crippen LogP) is 4.93. The lowest BCUT2D eigenvalue weighted by Crippen LogP contribution is -2.44. The molecule has 0 saturated carbocycles. The standard InChI is InChI=1S/C22H25F3N2O3S/c1-2-15-5-7-16(8-6-15)19(18-4-3-13-31-18)26-20(28)17-9-11-27(12-10-17)21(29)30-14-22(23,24)25/h3-8,13,17,19H,2,9-12,14H2,1H3,(H,26,28). The number of rotatable bonds is 6. The Kier molecular flexibility index (Phi) is 7.59. The smallest absolute Gasteiger partial charge is 0.422 e. The van der Waals surface area contributed by atoms with E-state index in [0.717, 1.165) is 16.9 Å². The van der Waals surface area contributed by atoms with Gasteiger partial charge in [0.2, 0.25) is 5.91 Å². The maximum absolute atomic E-state index is 12.9. The highest BCUT2D eigenvalue weighted by Gasteiger charge is 2.33. The number of piperidine rings is 1. The van der Waals surface area contributed by atoms with Crippen LogP contribution in [0.1, 0.15) is 41.8 Å². The van der Waals surface area contributed by atoms with Crippen LogP contribution < -0.4 is 5.32 Å². The Balaban J connectivity index is 1.59. The van der Waals surface area contributed by atoms with Crippen molar-refractivity contribution in [2.75, 3.05) is 19.7 Å². The van der Waals surface area contributed by atoms with Gasteiger partial charge in [0, 0.05) is 23.9 Å². The number of carbonyl (C=O) groups excluding carboxylic acids is 2. The minimum atomic E-state index is -4.56. The van der Waals surface area contributed by atoms with Crippen LogP contribution in [0.25, 0.3) is 0 Å². The van der Waals surface area contributed by atoms with Crippen molar-refractivity contribution in [1.29, 1.82) is 0 Å². The topological polar surface area (TPSA) is 58.6 Å². The summed E-state index contributed by atoms with van der Waals surface area (Å²) in [4.78, 5) is 27.0. The fraction of sp³-hybridized carbons (Fsp3) is 0.455. The zero-order valence-corrected chi connectivity index (χ0v) is 18.0. The second-order valence-electron chi connectivity index (χ2n) is 7.48. The van der Waals surface area contributed by atoms with E-state index in [2.05, 4.69) is 17.0 Å². The molecule has 0 bridgehead atoms. The number of aryl methyl sites for hydroxylation is 1. The maximum atomic E-state index is 12.9. The number of likely N-dealkylation sites (tertiary alicyclic amines) is 1. The minimum absolute atomic E-state index is 0.124. The Hall–Kier alpha value is -2.55. The SMILES string of the molecule is CCc1ccc(C(NC(=O)C2CCN(C(=O)OCC(F)(F)F)CC2)c2cccs2)cc1. The van der Waals surface area contributed by atoms with Crippen molar-refractivity contribution >= 4 is 23.3 Å². The number of ether oxygens (including phenoxy) is 1. The van der Waals surface area contributed by atoms with E-state index in [1.165, 1.54) is 10.5 Å². The molecule has 1 atom stereocenters. The summed E-state index contributed by atoms with van der Waals surface area (Å²) in [5.74, 6) is -0.440. The normalized spacial score (nSPS) is 16.1. The van der Waals surface area contributed by atoms with Crippen LogP contribution in [0.4, 0.5) is 18.0 Å². The van der Waals surface area contributed by atoms with Crippen LogP contribution in [0.2, 0.25) is 0 Å². The number of hydrogen-bond donors (Lipinski definition) is 1. The second-order valence-corrected chi connectivity index (χ2v) is 8.46. The second kappa shape index (κ2) is 10.2. The first-order valence-corrected chi connectivity index (χ1v) is 11.1. The van der Waals surface area contributed by atoms with Crippen LogP contribution in [-0.2, 0) is 16.0 Å². The van der Waals surface area contributed by atoms with Gasteiger partial charge in [-0.15, -0.1) is 11.3 Å². The molecule has 0 radical (unpaired) electrons. The lowest BCUT2D eigenvalue weighted by atomic mass is 9.95. The summed E-state index contributed by atoms with van der Waals surface area (Å²) in [5, 5.41) is 5.08. The third-order valence-electron chi connectivity index (χ3n) is 5.32. The van der Waals surface area contributed by atoms with Crippen LogP contribution in [0.3, 0.4) is 0 Å². The molecule has 1 N–H and O–H groups in total. The van der Waals surface area contributed by atoms with Gasteiger partial charge in [0.05, 0.1) is 6.04 Å². The molecule has 1 aliphatic rings. The first-order valence-electron chi connectivity index (χ1n) is 10.2. The minimum Gasteiger partial charge on any atom is -0.440 e. The number of benzene rings is 1. The number of thiophene rings is 1. The molecular formula is C22H25F3N2O3S. The highest BCUT2D eigenvalue weighted by molar-refractivity contribution is 7.10. The maximum Gasteiger partial charge on any atom is 0.422 e. The molecule has 1 aliphatic heterocycles. The number of halogens is 3. The van der Waals surface area contributed by atoms with E-state index < -0.39 is 18.9 Å². The van der Waals surface area contributed by atoms with Crippen LogP contribution in [0.15, 0.2) is 41.8 Å². The average molecular weight is 455 g/mol. The molecule has 0 aliphatic carbocycles. The van der Waals surface area contributed by atoms with E-state index in [4.69, 9.17) is 0 Å². The van der Waals surface area contributed by atoms with E-state index >= 15 is 0 Å². The summed E-state index contributed by atoms with van der Waals surface area (Å²) in [6, 6.07) is 11.8. The average Bonchev–Trinajstić information content (AvgIpc) is 3.30. The Morgan fingerprint density at radius 1 is 1.19 bits per heavy atom. The number of amides is 2. The predicted molar refractivity (Wildman–Crippen MR) is 112 cm³/mol. The molecule has 0 spiro atoms. The summed E-state index contributed by atoms with van der Waals surface area (Å²) in [7, 11) is 0. The van der Waals surface area contributed by atoms with E-state index in [0.29, 0.717) is 12.8 Å². The molecule has 2 heterocycles. The molecule has 1 unspecified atom stereocenters. The van der Waals surface area contributed by atoms with Gasteiger partial charge in [-0.05, 0) is 41.8 Å². The quantitative estimate of drug-likeness (QED) is 0.674. The molecule has 9 heteroatoms. The number of alkyl halides is 3. The lowest BCUT2D eigenvalue weighted by Gasteiger charge is -2.31. The number of hydrogen-bond acceptors (Lipinski definition) is 4. The van der Waals surface area contributed by atoms with Crippen molar-refractivity contribution in [2.24, 2.45) is 5.92 Å². The van der Waals surface area contributed by atoms with E-state index in [1.807, 2.05) is 41.8 Å². The zero-order chi connectivity index (χ0) is 22.4. The Morgan fingerprint density at radius 2 is 1.87 bits per heavy atom. The largest absolute Gasteiger partial charge is 0.440 e. The van der Waals surface area contributed by atoms with Gasteiger partial charge < -0.3 is 15.0 Å². The summed E-state index contributed by atoms with van der Waals surface area (Å²) in [5.41, 5.74) is 2.20. The van der Waals surface area contributed by atoms with Crippen LogP contribution in [-0.4, -0.2) is 42.8 Å². The van der Waals surface area contributed by atoms with Crippen molar-refractivity contribution < 1.29 is 27.5 Å². The Labute approximate surface area is 183 Å². The van der Waals surface area contributed by atoms with Crippen molar-refractivity contribution in [3.05, 3.63) is 57.8 Å². The van der Waals surface area contributed by atoms with Crippen molar-refractivity contribution in [3.63, 3.8) is 0 Å². The number of nitrogens with one attached hydrogen (secondary N) is 1. The molecule has 1 saturated heterocycles.